The molecule has 0 heterocycles. The maximum atomic E-state index is 5.80. The highest BCUT2D eigenvalue weighted by molar-refractivity contribution is 7.56. The molecule has 0 radical (unpaired) electrons. The van der Waals surface area contributed by atoms with Crippen LogP contribution >= 0.6 is 8.58 Å². The molecule has 0 N–H and O–H groups in total. The zero-order valence-electron chi connectivity index (χ0n) is 13.5. The van der Waals surface area contributed by atoms with Crippen molar-refractivity contribution in [2.75, 3.05) is 21.0 Å². The fraction of sp³-hybridized carbons (Fsp3) is 0.278. The summed E-state index contributed by atoms with van der Waals surface area (Å²) < 4.78 is 10.9. The quantitative estimate of drug-likeness (QED) is 0.466. The van der Waals surface area contributed by atoms with Crippen molar-refractivity contribution in [3.63, 3.8) is 0 Å². The Hall–Kier alpha value is -1.70. The van der Waals surface area contributed by atoms with E-state index >= 15 is 0 Å². The van der Waals surface area contributed by atoms with Gasteiger partial charge in [-0.25, -0.2) is 0 Å². The molecule has 2 aromatic carbocycles. The Morgan fingerprint density at radius 3 is 2.64 bits per heavy atom. The van der Waals surface area contributed by atoms with E-state index in [2.05, 4.69) is 49.2 Å². The molecule has 3 nitrogen and oxygen atoms in total. The molecule has 22 heavy (non-hydrogen) atoms. The third kappa shape index (κ3) is 4.16. The van der Waals surface area contributed by atoms with Gasteiger partial charge in [-0.3, -0.25) is 4.99 Å². The van der Waals surface area contributed by atoms with Gasteiger partial charge in [0, 0.05) is 25.7 Å². The molecule has 1 unspecified atom stereocenters. The largest absolute Gasteiger partial charge is 0.467 e. The first-order valence-corrected chi connectivity index (χ1v) is 8.17. The van der Waals surface area contributed by atoms with Crippen LogP contribution < -0.4 is 15.3 Å². The van der Waals surface area contributed by atoms with Crippen LogP contribution in [0.1, 0.15) is 16.7 Å². The lowest BCUT2D eigenvalue weighted by Crippen LogP contribution is -2.14. The van der Waals surface area contributed by atoms with Crippen molar-refractivity contribution in [3.05, 3.63) is 53.1 Å². The molecule has 116 valence electrons. The number of ether oxygens (including phenoxy) is 2. The van der Waals surface area contributed by atoms with Gasteiger partial charge in [-0.05, 0) is 41.9 Å². The van der Waals surface area contributed by atoms with Crippen molar-refractivity contribution in [2.45, 2.75) is 13.8 Å². The van der Waals surface area contributed by atoms with Crippen LogP contribution in [0.3, 0.4) is 0 Å². The number of nitrogens with zero attached hydrogens (tertiary/aromatic N) is 1. The molecule has 4 heteroatoms. The van der Waals surface area contributed by atoms with Crippen molar-refractivity contribution < 1.29 is 9.47 Å². The van der Waals surface area contributed by atoms with Crippen LogP contribution in [0.5, 0.6) is 5.75 Å². The molecular formula is C18H22NO2P. The van der Waals surface area contributed by atoms with Gasteiger partial charge < -0.3 is 9.47 Å². The first-order valence-electron chi connectivity index (χ1n) is 7.17. The first-order chi connectivity index (χ1) is 10.7. The Morgan fingerprint density at radius 1 is 1.14 bits per heavy atom. The number of rotatable bonds is 6. The third-order valence-electron chi connectivity index (χ3n) is 3.24. The number of hydrogen-bond donors (Lipinski definition) is 0. The highest BCUT2D eigenvalue weighted by Crippen LogP contribution is 2.25. The molecule has 0 amide bonds. The van der Waals surface area contributed by atoms with Crippen LogP contribution in [0.15, 0.2) is 41.4 Å². The molecule has 0 aromatic heterocycles. The number of benzene rings is 2. The SMILES string of the molecule is C/N=C/c1ccccc1Pc1cc(C)cc(C)c1OCOC. The van der Waals surface area contributed by atoms with Crippen molar-refractivity contribution in [1.82, 2.24) is 0 Å². The Kier molecular flexibility index (Phi) is 6.11. The van der Waals surface area contributed by atoms with Gasteiger partial charge in [-0.15, -0.1) is 0 Å². The minimum atomic E-state index is 0.263. The molecule has 2 rings (SSSR count). The van der Waals surface area contributed by atoms with E-state index in [1.165, 1.54) is 16.2 Å². The second-order valence-electron chi connectivity index (χ2n) is 5.11. The predicted octanol–water partition coefficient (Wildman–Crippen LogP) is 2.96. The summed E-state index contributed by atoms with van der Waals surface area (Å²) in [7, 11) is 3.95. The summed E-state index contributed by atoms with van der Waals surface area (Å²) in [6.45, 7) is 4.45. The number of aryl methyl sites for hydroxylation is 2. The van der Waals surface area contributed by atoms with Crippen LogP contribution in [0, 0.1) is 13.8 Å². The molecular weight excluding hydrogens is 293 g/mol. The predicted molar refractivity (Wildman–Crippen MR) is 96.0 cm³/mol. The van der Waals surface area contributed by atoms with Gasteiger partial charge in [0.1, 0.15) is 5.75 Å². The summed E-state index contributed by atoms with van der Waals surface area (Å²) >= 11 is 0. The molecule has 0 saturated carbocycles. The van der Waals surface area contributed by atoms with Gasteiger partial charge >= 0.3 is 0 Å². The summed E-state index contributed by atoms with van der Waals surface area (Å²) in [5.41, 5.74) is 3.53. The van der Waals surface area contributed by atoms with E-state index in [0.29, 0.717) is 8.58 Å². The summed E-state index contributed by atoms with van der Waals surface area (Å²) in [6.07, 6.45) is 1.90. The van der Waals surface area contributed by atoms with E-state index in [1.54, 1.807) is 14.2 Å². The van der Waals surface area contributed by atoms with Gasteiger partial charge in [0.15, 0.2) is 6.79 Å². The van der Waals surface area contributed by atoms with Gasteiger partial charge in [-0.1, -0.05) is 38.9 Å². The zero-order chi connectivity index (χ0) is 15.9. The van der Waals surface area contributed by atoms with Crippen molar-refractivity contribution in [1.29, 1.82) is 0 Å². The number of methoxy groups -OCH3 is 1. The Bertz CT molecular complexity index is 668. The van der Waals surface area contributed by atoms with E-state index < -0.39 is 0 Å². The van der Waals surface area contributed by atoms with E-state index in [4.69, 9.17) is 9.47 Å². The molecule has 0 bridgehead atoms. The summed E-state index contributed by atoms with van der Waals surface area (Å²) in [4.78, 5) is 4.14. The lowest BCUT2D eigenvalue weighted by atomic mass is 10.1. The fourth-order valence-corrected chi connectivity index (χ4v) is 3.81. The molecule has 1 atom stereocenters. The lowest BCUT2D eigenvalue weighted by Gasteiger charge is -2.15. The maximum absolute atomic E-state index is 5.80. The van der Waals surface area contributed by atoms with Crippen LogP contribution in [0.25, 0.3) is 0 Å². The monoisotopic (exact) mass is 315 g/mol. The van der Waals surface area contributed by atoms with Crippen LogP contribution in [0.2, 0.25) is 0 Å². The van der Waals surface area contributed by atoms with Crippen molar-refractivity contribution >= 4 is 25.4 Å². The van der Waals surface area contributed by atoms with E-state index in [-0.39, 0.29) is 6.79 Å². The summed E-state index contributed by atoms with van der Waals surface area (Å²) in [6, 6.07) is 12.7. The molecule has 0 aliphatic heterocycles. The summed E-state index contributed by atoms with van der Waals surface area (Å²) in [5, 5.41) is 2.46. The van der Waals surface area contributed by atoms with Crippen LogP contribution in [0.4, 0.5) is 0 Å². The number of hydrogen-bond acceptors (Lipinski definition) is 3. The molecule has 0 aliphatic rings. The van der Waals surface area contributed by atoms with E-state index in [0.717, 1.165) is 16.9 Å². The lowest BCUT2D eigenvalue weighted by molar-refractivity contribution is 0.0514. The second-order valence-corrected chi connectivity index (χ2v) is 6.44. The van der Waals surface area contributed by atoms with Gasteiger partial charge in [-0.2, -0.15) is 0 Å². The highest BCUT2D eigenvalue weighted by atomic mass is 31.1. The Balaban J connectivity index is 2.40. The Morgan fingerprint density at radius 2 is 1.91 bits per heavy atom. The average Bonchev–Trinajstić information content (AvgIpc) is 2.48. The van der Waals surface area contributed by atoms with Gasteiger partial charge in [0.2, 0.25) is 0 Å². The smallest absolute Gasteiger partial charge is 0.188 e. The molecule has 2 aromatic rings. The first kappa shape index (κ1) is 16.7. The number of aliphatic imine (C=N–C) groups is 1. The van der Waals surface area contributed by atoms with Crippen molar-refractivity contribution in [2.24, 2.45) is 4.99 Å². The van der Waals surface area contributed by atoms with Gasteiger partial charge in [0.05, 0.1) is 0 Å². The fourth-order valence-electron chi connectivity index (χ4n) is 2.36. The minimum absolute atomic E-state index is 0.263. The second kappa shape index (κ2) is 8.07. The van der Waals surface area contributed by atoms with Crippen molar-refractivity contribution in [3.8, 4) is 5.75 Å². The van der Waals surface area contributed by atoms with Crippen LogP contribution in [-0.4, -0.2) is 27.2 Å². The molecule has 0 fully saturated rings. The normalized spacial score (nSPS) is 11.6. The van der Waals surface area contributed by atoms with E-state index in [9.17, 15) is 0 Å². The third-order valence-corrected chi connectivity index (χ3v) is 4.60. The topological polar surface area (TPSA) is 30.8 Å². The maximum Gasteiger partial charge on any atom is 0.188 e. The zero-order valence-corrected chi connectivity index (χ0v) is 14.5. The highest BCUT2D eigenvalue weighted by Gasteiger charge is 2.11. The molecule has 0 spiro atoms. The molecule has 0 saturated heterocycles. The average molecular weight is 315 g/mol. The standard InChI is InChI=1S/C18H22NO2P/c1-13-9-14(2)18(21-12-20-4)17(10-13)22-16-8-6-5-7-15(16)11-19-3/h5-11,22H,12H2,1-4H3/b19-11+. The molecule has 0 aliphatic carbocycles. The summed E-state index contributed by atoms with van der Waals surface area (Å²) in [5.74, 6) is 0.925. The van der Waals surface area contributed by atoms with Crippen LogP contribution in [-0.2, 0) is 4.74 Å². The van der Waals surface area contributed by atoms with E-state index in [1.807, 2.05) is 12.3 Å². The van der Waals surface area contributed by atoms with Gasteiger partial charge in [0.25, 0.3) is 0 Å². The minimum Gasteiger partial charge on any atom is -0.467 e. The Labute approximate surface area is 134 Å².